The number of allylic oxidation sites excluding steroid dienone is 10. The standard InChI is InChI=1S/C59H58N2/c1-9-45-46-31-28-44(38-53(46)57(3,4)49(45)10-2)60(42-19-13-11-14-20-42)34-33-39-25-29-47-48-30-26-40(36-52(48)59(7,8)51(47)35-39)41-27-32-56-54(37-41)58(5,6)50-23-17-18-24-55(50)61(56)43-21-15-12-16-22-43/h10-13,15-16,19,21-38H,2,9,14,17-18,20H2,1,3-8H3/b34-33+. The number of fused-ring (bicyclic) bond motifs is 6. The summed E-state index contributed by atoms with van der Waals surface area (Å²) in [6.07, 6.45) is 23.6. The molecule has 304 valence electrons. The minimum absolute atomic E-state index is 0.0798. The number of anilines is 3. The average molecular weight is 795 g/mol. The molecule has 0 bridgehead atoms. The van der Waals surface area contributed by atoms with Crippen LogP contribution in [0.4, 0.5) is 17.1 Å². The van der Waals surface area contributed by atoms with E-state index in [1.165, 1.54) is 101 Å². The third-order valence-electron chi connectivity index (χ3n) is 14.6. The van der Waals surface area contributed by atoms with Crippen LogP contribution in [0.15, 0.2) is 175 Å². The minimum Gasteiger partial charge on any atom is -0.321 e. The Labute approximate surface area is 364 Å². The lowest BCUT2D eigenvalue weighted by atomic mass is 9.70. The van der Waals surface area contributed by atoms with Crippen LogP contribution in [0, 0.1) is 0 Å². The molecule has 10 rings (SSSR count). The smallest absolute Gasteiger partial charge is 0.0502 e. The van der Waals surface area contributed by atoms with E-state index in [-0.39, 0.29) is 16.2 Å². The topological polar surface area (TPSA) is 6.48 Å². The fourth-order valence-corrected chi connectivity index (χ4v) is 11.2. The number of rotatable bonds is 8. The molecule has 0 aromatic heterocycles. The van der Waals surface area contributed by atoms with Crippen molar-refractivity contribution >= 4 is 28.7 Å². The van der Waals surface area contributed by atoms with E-state index in [2.05, 4.69) is 217 Å². The van der Waals surface area contributed by atoms with Crippen molar-refractivity contribution in [2.75, 3.05) is 9.80 Å². The molecule has 0 fully saturated rings. The first-order valence-corrected chi connectivity index (χ1v) is 22.5. The van der Waals surface area contributed by atoms with Crippen LogP contribution in [0.25, 0.3) is 33.9 Å². The van der Waals surface area contributed by atoms with E-state index in [0.29, 0.717) is 0 Å². The van der Waals surface area contributed by atoms with E-state index < -0.39 is 0 Å². The third-order valence-corrected chi connectivity index (χ3v) is 14.6. The van der Waals surface area contributed by atoms with Gasteiger partial charge >= 0.3 is 0 Å². The molecule has 0 N–H and O–H groups in total. The molecule has 61 heavy (non-hydrogen) atoms. The number of nitrogens with zero attached hydrogens (tertiary/aromatic N) is 2. The predicted molar refractivity (Wildman–Crippen MR) is 261 cm³/mol. The molecule has 0 saturated carbocycles. The lowest BCUT2D eigenvalue weighted by molar-refractivity contribution is 0.603. The highest BCUT2D eigenvalue weighted by atomic mass is 15.2. The van der Waals surface area contributed by atoms with Gasteiger partial charge in [-0.3, -0.25) is 0 Å². The quantitative estimate of drug-likeness (QED) is 0.154. The van der Waals surface area contributed by atoms with Gasteiger partial charge in [-0.05, 0) is 159 Å². The van der Waals surface area contributed by atoms with Gasteiger partial charge in [0.2, 0.25) is 0 Å². The van der Waals surface area contributed by atoms with Crippen LogP contribution in [0.5, 0.6) is 0 Å². The lowest BCUT2D eigenvalue weighted by Crippen LogP contribution is -2.36. The molecule has 0 spiro atoms. The summed E-state index contributed by atoms with van der Waals surface area (Å²) >= 11 is 0. The van der Waals surface area contributed by atoms with Crippen molar-refractivity contribution in [3.05, 3.63) is 208 Å². The molecule has 1 heterocycles. The average Bonchev–Trinajstić information content (AvgIpc) is 3.64. The van der Waals surface area contributed by atoms with Gasteiger partial charge in [0.05, 0.1) is 5.69 Å². The molecule has 5 aliphatic rings. The Kier molecular flexibility index (Phi) is 9.29. The number of hydrogen-bond acceptors (Lipinski definition) is 2. The van der Waals surface area contributed by atoms with Crippen LogP contribution in [-0.2, 0) is 16.2 Å². The number of hydrogen-bond donors (Lipinski definition) is 0. The highest BCUT2D eigenvalue weighted by Crippen LogP contribution is 2.54. The van der Waals surface area contributed by atoms with Crippen molar-refractivity contribution in [3.63, 3.8) is 0 Å². The molecule has 0 amide bonds. The number of para-hydroxylation sites is 1. The largest absolute Gasteiger partial charge is 0.321 e. The van der Waals surface area contributed by atoms with Gasteiger partial charge < -0.3 is 9.80 Å². The van der Waals surface area contributed by atoms with Crippen LogP contribution in [-0.4, -0.2) is 0 Å². The molecule has 0 atom stereocenters. The van der Waals surface area contributed by atoms with E-state index in [0.717, 1.165) is 32.1 Å². The first-order chi connectivity index (χ1) is 29.4. The van der Waals surface area contributed by atoms with Gasteiger partial charge in [0.1, 0.15) is 0 Å². The van der Waals surface area contributed by atoms with Gasteiger partial charge in [0, 0.05) is 45.2 Å². The highest BCUT2D eigenvalue weighted by molar-refractivity contribution is 5.88. The van der Waals surface area contributed by atoms with Gasteiger partial charge in [-0.15, -0.1) is 0 Å². The molecule has 5 aromatic rings. The Morgan fingerprint density at radius 3 is 2.10 bits per heavy atom. The van der Waals surface area contributed by atoms with Crippen LogP contribution >= 0.6 is 0 Å². The van der Waals surface area contributed by atoms with Crippen LogP contribution in [0.3, 0.4) is 0 Å². The molecular formula is C59H58N2. The molecule has 4 aliphatic carbocycles. The van der Waals surface area contributed by atoms with E-state index in [4.69, 9.17) is 0 Å². The van der Waals surface area contributed by atoms with E-state index >= 15 is 0 Å². The molecule has 2 nitrogen and oxygen atoms in total. The van der Waals surface area contributed by atoms with Crippen molar-refractivity contribution in [2.24, 2.45) is 0 Å². The van der Waals surface area contributed by atoms with Crippen molar-refractivity contribution < 1.29 is 0 Å². The molecule has 1 aliphatic heterocycles. The van der Waals surface area contributed by atoms with Crippen LogP contribution in [0.1, 0.15) is 114 Å². The monoisotopic (exact) mass is 794 g/mol. The molecule has 2 heteroatoms. The van der Waals surface area contributed by atoms with Crippen molar-refractivity contribution in [1.29, 1.82) is 0 Å². The Balaban J connectivity index is 0.984. The lowest BCUT2D eigenvalue weighted by Gasteiger charge is -2.45. The second kappa shape index (κ2) is 14.5. The van der Waals surface area contributed by atoms with E-state index in [1.54, 1.807) is 0 Å². The fraction of sp³-hybridized carbons (Fsp3) is 0.254. The van der Waals surface area contributed by atoms with E-state index in [1.807, 2.05) is 0 Å². The van der Waals surface area contributed by atoms with Gasteiger partial charge in [-0.1, -0.05) is 146 Å². The van der Waals surface area contributed by atoms with Gasteiger partial charge in [0.25, 0.3) is 0 Å². The normalized spacial score (nSPS) is 18.7. The molecule has 0 saturated heterocycles. The Morgan fingerprint density at radius 2 is 1.36 bits per heavy atom. The van der Waals surface area contributed by atoms with Crippen molar-refractivity contribution in [3.8, 4) is 22.3 Å². The van der Waals surface area contributed by atoms with Crippen LogP contribution < -0.4 is 9.80 Å². The fourth-order valence-electron chi connectivity index (χ4n) is 11.2. The maximum Gasteiger partial charge on any atom is 0.0502 e. The Morgan fingerprint density at radius 1 is 0.672 bits per heavy atom. The maximum atomic E-state index is 4.22. The highest BCUT2D eigenvalue weighted by Gasteiger charge is 2.41. The number of benzene rings is 5. The van der Waals surface area contributed by atoms with Crippen LogP contribution in [0.2, 0.25) is 0 Å². The van der Waals surface area contributed by atoms with Crippen molar-refractivity contribution in [2.45, 2.75) is 96.8 Å². The second-order valence-corrected chi connectivity index (χ2v) is 19.1. The predicted octanol–water partition coefficient (Wildman–Crippen LogP) is 16.0. The molecular weight excluding hydrogens is 737 g/mol. The summed E-state index contributed by atoms with van der Waals surface area (Å²) in [5.41, 5.74) is 23.6. The summed E-state index contributed by atoms with van der Waals surface area (Å²) in [5.74, 6) is 0. The molecule has 5 aromatic carbocycles. The second-order valence-electron chi connectivity index (χ2n) is 19.1. The summed E-state index contributed by atoms with van der Waals surface area (Å²) in [6.45, 7) is 20.8. The zero-order valence-electron chi connectivity index (χ0n) is 37.1. The van der Waals surface area contributed by atoms with Gasteiger partial charge in [-0.25, -0.2) is 0 Å². The van der Waals surface area contributed by atoms with E-state index in [9.17, 15) is 0 Å². The molecule has 0 unspecified atom stereocenters. The third kappa shape index (κ3) is 6.12. The summed E-state index contributed by atoms with van der Waals surface area (Å²) < 4.78 is 0. The maximum absolute atomic E-state index is 4.22. The summed E-state index contributed by atoms with van der Waals surface area (Å²) in [6, 6.07) is 39.4. The Hall–Kier alpha value is -6.12. The summed E-state index contributed by atoms with van der Waals surface area (Å²) in [7, 11) is 0. The molecule has 0 radical (unpaired) electrons. The van der Waals surface area contributed by atoms with Crippen molar-refractivity contribution in [1.82, 2.24) is 0 Å². The summed E-state index contributed by atoms with van der Waals surface area (Å²) in [4.78, 5) is 4.90. The zero-order valence-corrected chi connectivity index (χ0v) is 37.1. The minimum atomic E-state index is -0.149. The van der Waals surface area contributed by atoms with Gasteiger partial charge in [-0.2, -0.15) is 0 Å². The Bertz CT molecular complexity index is 2830. The zero-order chi connectivity index (χ0) is 42.3. The first kappa shape index (κ1) is 39.0. The SMILES string of the molecule is C=CC1=C(CC)c2ccc(N(/C=C/c3ccc4c(c3)C(C)(C)c3cc(-c5ccc6c(c5)C(C)(C)C5=CCCC=C5N6c5ccccc5)ccc3-4)C3=CC=CCC3)cc2C1(C)C. The summed E-state index contributed by atoms with van der Waals surface area (Å²) in [5, 5.41) is 0. The first-order valence-electron chi connectivity index (χ1n) is 22.5. The van der Waals surface area contributed by atoms with Gasteiger partial charge in [0.15, 0.2) is 0 Å².